The molecule has 34 heavy (non-hydrogen) atoms. The molecule has 178 valence electrons. The predicted molar refractivity (Wildman–Crippen MR) is 137 cm³/mol. The topological polar surface area (TPSA) is 61.4 Å². The third-order valence-corrected chi connectivity index (χ3v) is 7.13. The van der Waals surface area contributed by atoms with Crippen LogP contribution in [0.5, 0.6) is 0 Å². The van der Waals surface area contributed by atoms with Gasteiger partial charge in [-0.05, 0) is 57.3 Å². The highest BCUT2D eigenvalue weighted by molar-refractivity contribution is 7.70. The second-order valence-electron chi connectivity index (χ2n) is 7.96. The van der Waals surface area contributed by atoms with E-state index >= 15 is 0 Å². The highest BCUT2D eigenvalue weighted by atomic mass is 35.5. The van der Waals surface area contributed by atoms with Crippen molar-refractivity contribution in [2.45, 2.75) is 20.4 Å². The first-order valence-corrected chi connectivity index (χ1v) is 12.3. The molecule has 0 radical (unpaired) electrons. The number of aryl methyl sites for hydroxylation is 2. The lowest BCUT2D eigenvalue weighted by Crippen LogP contribution is -2.16. The van der Waals surface area contributed by atoms with Gasteiger partial charge in [0.1, 0.15) is 17.9 Å². The Kier molecular flexibility index (Phi) is 8.92. The van der Waals surface area contributed by atoms with Crippen LogP contribution in [0.4, 0.5) is 14.5 Å². The molecular weight excluding hydrogens is 477 g/mol. The van der Waals surface area contributed by atoms with Gasteiger partial charge in [-0.2, -0.15) is 0 Å². The minimum Gasteiger partial charge on any atom is -0.380 e. The SMILES string of the molecule is CNCc1ccc(F)cc1F.Cc1cc(C)cc(P(O)C2=C(C=O)CNc3ccc(Cl)cc32)c1. The Bertz CT molecular complexity index is 1210. The lowest BCUT2D eigenvalue weighted by atomic mass is 10.0. The number of aldehydes is 1. The lowest BCUT2D eigenvalue weighted by Gasteiger charge is -2.26. The summed E-state index contributed by atoms with van der Waals surface area (Å²) >= 11 is 6.12. The van der Waals surface area contributed by atoms with Crippen molar-refractivity contribution in [2.24, 2.45) is 0 Å². The summed E-state index contributed by atoms with van der Waals surface area (Å²) < 4.78 is 25.1. The summed E-state index contributed by atoms with van der Waals surface area (Å²) in [7, 11) is 0.0905. The van der Waals surface area contributed by atoms with E-state index in [1.165, 1.54) is 12.1 Å². The van der Waals surface area contributed by atoms with Crippen LogP contribution in [0.1, 0.15) is 22.3 Å². The first-order valence-electron chi connectivity index (χ1n) is 10.6. The van der Waals surface area contributed by atoms with Gasteiger partial charge < -0.3 is 15.5 Å². The standard InChI is InChI=1S/C18H17ClNO2P.C8H9F2N/c1-11-5-12(2)7-15(6-11)23(22)18-13(10-21)9-20-17-4-3-14(19)8-16(17)18;1-11-5-6-2-3-7(9)4-8(6)10/h3-8,10,20,22H,9H2,1-2H3;2-4,11H,5H2,1H3. The number of hydrogen-bond donors (Lipinski definition) is 3. The van der Waals surface area contributed by atoms with Crippen molar-refractivity contribution in [1.29, 1.82) is 0 Å². The molecule has 3 aromatic carbocycles. The molecule has 4 nitrogen and oxygen atoms in total. The van der Waals surface area contributed by atoms with E-state index in [0.29, 0.717) is 34.6 Å². The van der Waals surface area contributed by atoms with Crippen molar-refractivity contribution in [3.8, 4) is 0 Å². The number of carbonyl (C=O) groups is 1. The molecule has 1 unspecified atom stereocenters. The fraction of sp³-hybridized carbons (Fsp3) is 0.192. The number of halogens is 3. The Hall–Kier alpha value is -2.63. The number of fused-ring (bicyclic) bond motifs is 1. The van der Waals surface area contributed by atoms with Gasteiger partial charge in [0.05, 0.1) is 8.15 Å². The molecule has 8 heteroatoms. The molecule has 0 saturated heterocycles. The second-order valence-corrected chi connectivity index (χ2v) is 9.98. The number of hydrogen-bond acceptors (Lipinski definition) is 4. The fourth-order valence-corrected chi connectivity index (χ4v) is 5.62. The summed E-state index contributed by atoms with van der Waals surface area (Å²) in [5, 5.41) is 8.10. The monoisotopic (exact) mass is 502 g/mol. The first-order chi connectivity index (χ1) is 16.2. The molecule has 1 atom stereocenters. The summed E-state index contributed by atoms with van der Waals surface area (Å²) in [4.78, 5) is 22.5. The average molecular weight is 503 g/mol. The highest BCUT2D eigenvalue weighted by Crippen LogP contribution is 2.51. The maximum Gasteiger partial charge on any atom is 0.148 e. The Morgan fingerprint density at radius 1 is 1.09 bits per heavy atom. The van der Waals surface area contributed by atoms with Crippen molar-refractivity contribution in [3.63, 3.8) is 0 Å². The number of carbonyl (C=O) groups excluding carboxylic acids is 1. The van der Waals surface area contributed by atoms with E-state index in [1.54, 1.807) is 19.2 Å². The molecule has 3 N–H and O–H groups in total. The molecule has 4 rings (SSSR count). The van der Waals surface area contributed by atoms with E-state index in [9.17, 15) is 18.5 Å². The zero-order valence-electron chi connectivity index (χ0n) is 19.1. The van der Waals surface area contributed by atoms with Gasteiger partial charge in [-0.3, -0.25) is 4.79 Å². The van der Waals surface area contributed by atoms with Crippen LogP contribution in [0.15, 0.2) is 60.2 Å². The van der Waals surface area contributed by atoms with Crippen LogP contribution in [-0.4, -0.2) is 24.8 Å². The Labute approximate surface area is 204 Å². The Morgan fingerprint density at radius 2 is 1.79 bits per heavy atom. The van der Waals surface area contributed by atoms with Gasteiger partial charge >= 0.3 is 0 Å². The normalized spacial score (nSPS) is 13.4. The molecule has 0 fully saturated rings. The van der Waals surface area contributed by atoms with E-state index in [0.717, 1.165) is 40.0 Å². The summed E-state index contributed by atoms with van der Waals surface area (Å²) in [6.45, 7) is 4.84. The molecule has 1 heterocycles. The highest BCUT2D eigenvalue weighted by Gasteiger charge is 2.26. The average Bonchev–Trinajstić information content (AvgIpc) is 2.79. The smallest absolute Gasteiger partial charge is 0.148 e. The number of nitrogens with one attached hydrogen (secondary N) is 2. The van der Waals surface area contributed by atoms with Gasteiger partial charge in [-0.1, -0.05) is 34.9 Å². The summed E-state index contributed by atoms with van der Waals surface area (Å²) in [5.41, 5.74) is 4.94. The van der Waals surface area contributed by atoms with E-state index in [4.69, 9.17) is 11.6 Å². The maximum atomic E-state index is 12.8. The second kappa shape index (κ2) is 11.7. The molecule has 0 amide bonds. The fourth-order valence-electron chi connectivity index (χ4n) is 3.72. The largest absolute Gasteiger partial charge is 0.380 e. The minimum absolute atomic E-state index is 0.414. The Morgan fingerprint density at radius 3 is 2.41 bits per heavy atom. The van der Waals surface area contributed by atoms with Gasteiger partial charge in [0.2, 0.25) is 0 Å². The van der Waals surface area contributed by atoms with Gasteiger partial charge in [0.15, 0.2) is 0 Å². The number of rotatable bonds is 5. The van der Waals surface area contributed by atoms with Crippen molar-refractivity contribution >= 4 is 42.3 Å². The third kappa shape index (κ3) is 6.28. The minimum atomic E-state index is -1.62. The van der Waals surface area contributed by atoms with Crippen LogP contribution in [0.3, 0.4) is 0 Å². The van der Waals surface area contributed by atoms with Crippen LogP contribution >= 0.6 is 19.7 Å². The van der Waals surface area contributed by atoms with E-state index < -0.39 is 19.8 Å². The molecule has 0 aromatic heterocycles. The van der Waals surface area contributed by atoms with Crippen LogP contribution in [0, 0.1) is 25.5 Å². The van der Waals surface area contributed by atoms with Crippen molar-refractivity contribution in [2.75, 3.05) is 18.9 Å². The predicted octanol–water partition coefficient (Wildman–Crippen LogP) is 5.69. The molecule has 3 aromatic rings. The van der Waals surface area contributed by atoms with E-state index in [1.807, 2.05) is 32.0 Å². The maximum absolute atomic E-state index is 12.8. The molecule has 0 spiro atoms. The number of benzene rings is 3. The first kappa shape index (κ1) is 26.0. The van der Waals surface area contributed by atoms with Crippen molar-refractivity contribution < 1.29 is 18.5 Å². The van der Waals surface area contributed by atoms with Crippen LogP contribution in [0.25, 0.3) is 5.31 Å². The van der Waals surface area contributed by atoms with Crippen molar-refractivity contribution in [1.82, 2.24) is 5.32 Å². The third-order valence-electron chi connectivity index (χ3n) is 5.20. The summed E-state index contributed by atoms with van der Waals surface area (Å²) in [5.74, 6) is -1.04. The van der Waals surface area contributed by atoms with E-state index in [2.05, 4.69) is 16.7 Å². The molecule has 1 aliphatic heterocycles. The van der Waals surface area contributed by atoms with Crippen molar-refractivity contribution in [3.05, 3.63) is 99.1 Å². The quantitative estimate of drug-likeness (QED) is 0.310. The summed E-state index contributed by atoms with van der Waals surface area (Å²) in [6.07, 6.45) is 0.820. The molecular formula is C26H26ClF2N2O2P. The van der Waals surface area contributed by atoms with Gasteiger partial charge in [-0.25, -0.2) is 8.78 Å². The zero-order valence-corrected chi connectivity index (χ0v) is 20.8. The van der Waals surface area contributed by atoms with Crippen LogP contribution in [-0.2, 0) is 11.3 Å². The molecule has 0 aliphatic carbocycles. The van der Waals surface area contributed by atoms with Gasteiger partial charge in [0, 0.05) is 57.2 Å². The molecule has 0 saturated carbocycles. The Balaban J connectivity index is 0.000000248. The van der Waals surface area contributed by atoms with E-state index in [-0.39, 0.29) is 0 Å². The van der Waals surface area contributed by atoms with Crippen LogP contribution < -0.4 is 15.9 Å². The van der Waals surface area contributed by atoms with Gasteiger partial charge in [0.25, 0.3) is 0 Å². The molecule has 0 bridgehead atoms. The number of anilines is 1. The van der Waals surface area contributed by atoms with Crippen LogP contribution in [0.2, 0.25) is 5.02 Å². The summed E-state index contributed by atoms with van der Waals surface area (Å²) in [6, 6.07) is 15.0. The van der Waals surface area contributed by atoms with Gasteiger partial charge in [-0.15, -0.1) is 0 Å². The lowest BCUT2D eigenvalue weighted by molar-refractivity contribution is -0.104. The zero-order chi connectivity index (χ0) is 24.8. The molecule has 1 aliphatic rings.